The number of likely N-dealkylation sites (tertiary alicyclic amines) is 1. The van der Waals surface area contributed by atoms with Gasteiger partial charge in [-0.05, 0) is 36.6 Å². The lowest BCUT2D eigenvalue weighted by molar-refractivity contribution is -0.164. The van der Waals surface area contributed by atoms with Crippen molar-refractivity contribution in [2.75, 3.05) is 25.9 Å². The molecule has 2 aliphatic rings. The van der Waals surface area contributed by atoms with Gasteiger partial charge < -0.3 is 15.3 Å². The fourth-order valence-electron chi connectivity index (χ4n) is 5.26. The van der Waals surface area contributed by atoms with Crippen LogP contribution in [0.5, 0.6) is 0 Å². The van der Waals surface area contributed by atoms with E-state index in [2.05, 4.69) is 15.4 Å². The molecule has 3 amide bonds. The van der Waals surface area contributed by atoms with Crippen LogP contribution in [0.3, 0.4) is 0 Å². The van der Waals surface area contributed by atoms with Gasteiger partial charge in [-0.2, -0.15) is 18.3 Å². The average molecular weight is 596 g/mol. The predicted octanol–water partition coefficient (Wildman–Crippen LogP) is 2.28. The van der Waals surface area contributed by atoms with Crippen molar-refractivity contribution in [2.45, 2.75) is 42.8 Å². The van der Waals surface area contributed by atoms with Gasteiger partial charge in [0.25, 0.3) is 5.91 Å². The summed E-state index contributed by atoms with van der Waals surface area (Å²) < 4.78 is 64.1. The number of carbonyl (C=O) groups is 3. The Labute approximate surface area is 234 Å². The number of hydrogen-bond acceptors (Lipinski definition) is 7. The maximum Gasteiger partial charge on any atom is 0.408 e. The van der Waals surface area contributed by atoms with Crippen LogP contribution in [-0.2, 0) is 32.3 Å². The van der Waals surface area contributed by atoms with Crippen LogP contribution in [0.1, 0.15) is 24.1 Å². The number of piperidine rings is 1. The van der Waals surface area contributed by atoms with E-state index in [1.165, 1.54) is 17.2 Å². The lowest BCUT2D eigenvalue weighted by atomic mass is 9.74. The van der Waals surface area contributed by atoms with Gasteiger partial charge in [-0.15, -0.1) is 0 Å². The zero-order valence-electron chi connectivity index (χ0n) is 22.0. The molecule has 2 atom stereocenters. The number of carbonyl (C=O) groups excluding carboxylic acids is 2. The lowest BCUT2D eigenvalue weighted by Crippen LogP contribution is -2.59. The highest BCUT2D eigenvalue weighted by atomic mass is 32.2. The van der Waals surface area contributed by atoms with Gasteiger partial charge >= 0.3 is 12.3 Å². The number of nitrogens with zero attached hydrogens (tertiary/aromatic N) is 4. The van der Waals surface area contributed by atoms with Crippen molar-refractivity contribution in [3.8, 4) is 0 Å². The average Bonchev–Trinajstić information content (AvgIpc) is 3.15. The Morgan fingerprint density at radius 1 is 1.17 bits per heavy atom. The number of fused-ring (bicyclic) bond motifs is 1. The van der Waals surface area contributed by atoms with Crippen LogP contribution in [-0.4, -0.2) is 90.1 Å². The molecular formula is C26H28F3N5O6S. The number of pyridine rings is 1. The number of hydrogen-bond donors (Lipinski definition) is 2. The van der Waals surface area contributed by atoms with Crippen molar-refractivity contribution in [3.63, 3.8) is 0 Å². The van der Waals surface area contributed by atoms with Crippen molar-refractivity contribution in [3.05, 3.63) is 59.9 Å². The summed E-state index contributed by atoms with van der Waals surface area (Å²) in [5.74, 6) is -1.61. The van der Waals surface area contributed by atoms with Gasteiger partial charge in [-0.25, -0.2) is 18.2 Å². The molecule has 0 aliphatic carbocycles. The zero-order chi connectivity index (χ0) is 30.0. The van der Waals surface area contributed by atoms with Crippen LogP contribution in [0.25, 0.3) is 0 Å². The summed E-state index contributed by atoms with van der Waals surface area (Å²) in [4.78, 5) is 44.2. The van der Waals surface area contributed by atoms with E-state index < -0.39 is 51.9 Å². The lowest BCUT2D eigenvalue weighted by Gasteiger charge is -2.40. The fourth-order valence-corrected chi connectivity index (χ4v) is 6.23. The highest BCUT2D eigenvalue weighted by molar-refractivity contribution is 7.90. The SMILES string of the molecule is CS(=O)(=O)c1ccccc1CCC(NC(=O)O)C(=O)N1CCC2=NN(CC(F)(F)F)C(=O)C2(Cc2ccccn2)C1. The predicted molar refractivity (Wildman–Crippen MR) is 140 cm³/mol. The van der Waals surface area contributed by atoms with E-state index >= 15 is 0 Å². The molecule has 1 aromatic heterocycles. The standard InChI is InChI=1S/C26H28F3N5O6S/c1-41(39,40)20-8-3-2-6-17(20)9-10-19(31-24(37)38)22(35)33-13-11-21-25(15-33,14-18-7-4-5-12-30-18)23(36)34(32-21)16-26(27,28)29/h2-8,12,19,31H,9-11,13-16H2,1H3,(H,37,38). The number of benzene rings is 1. The summed E-state index contributed by atoms with van der Waals surface area (Å²) in [5, 5.41) is 16.0. The molecule has 41 heavy (non-hydrogen) atoms. The smallest absolute Gasteiger partial charge is 0.408 e. The van der Waals surface area contributed by atoms with E-state index in [4.69, 9.17) is 0 Å². The monoisotopic (exact) mass is 595 g/mol. The molecular weight excluding hydrogens is 567 g/mol. The second kappa shape index (κ2) is 11.5. The third kappa shape index (κ3) is 6.84. The van der Waals surface area contributed by atoms with Gasteiger partial charge in [0, 0.05) is 44.1 Å². The number of carboxylic acid groups (broad SMARTS) is 1. The zero-order valence-corrected chi connectivity index (χ0v) is 22.8. The highest BCUT2D eigenvalue weighted by Crippen LogP contribution is 2.39. The molecule has 3 heterocycles. The summed E-state index contributed by atoms with van der Waals surface area (Å²) in [7, 11) is -3.59. The minimum absolute atomic E-state index is 0.00459. The number of aromatic nitrogens is 1. The Morgan fingerprint density at radius 2 is 1.88 bits per heavy atom. The Hall–Kier alpha value is -4.01. The minimum Gasteiger partial charge on any atom is -0.465 e. The third-order valence-corrected chi connectivity index (χ3v) is 8.23. The molecule has 4 rings (SSSR count). The van der Waals surface area contributed by atoms with Gasteiger partial charge in [0.2, 0.25) is 5.91 Å². The first kappa shape index (κ1) is 30.0. The molecule has 2 aromatic rings. The van der Waals surface area contributed by atoms with Gasteiger partial charge in [0.05, 0.1) is 10.6 Å². The molecule has 15 heteroatoms. The number of aryl methyl sites for hydroxylation is 1. The first-order valence-corrected chi connectivity index (χ1v) is 14.5. The summed E-state index contributed by atoms with van der Waals surface area (Å²) in [6.45, 7) is -1.92. The van der Waals surface area contributed by atoms with Gasteiger partial charge in [0.15, 0.2) is 9.84 Å². The van der Waals surface area contributed by atoms with Crippen LogP contribution < -0.4 is 5.32 Å². The Kier molecular flexibility index (Phi) is 8.38. The van der Waals surface area contributed by atoms with Crippen LogP contribution in [0, 0.1) is 5.41 Å². The second-order valence-electron chi connectivity index (χ2n) is 10.0. The number of halogens is 3. The van der Waals surface area contributed by atoms with Crippen molar-refractivity contribution >= 4 is 33.5 Å². The Balaban J connectivity index is 1.61. The number of sulfone groups is 1. The highest BCUT2D eigenvalue weighted by Gasteiger charge is 2.56. The molecule has 220 valence electrons. The molecule has 2 unspecified atom stereocenters. The molecule has 1 aromatic carbocycles. The Bertz CT molecular complexity index is 1470. The third-order valence-electron chi connectivity index (χ3n) is 7.04. The van der Waals surface area contributed by atoms with E-state index in [0.29, 0.717) is 16.3 Å². The minimum atomic E-state index is -4.70. The normalized spacial score (nSPS) is 19.9. The summed E-state index contributed by atoms with van der Waals surface area (Å²) in [5.41, 5.74) is -0.599. The molecule has 0 radical (unpaired) electrons. The molecule has 2 N–H and O–H groups in total. The van der Waals surface area contributed by atoms with Crippen molar-refractivity contribution in [2.24, 2.45) is 10.5 Å². The summed E-state index contributed by atoms with van der Waals surface area (Å²) in [6, 6.07) is 9.75. The molecule has 2 aliphatic heterocycles. The van der Waals surface area contributed by atoms with E-state index in [1.54, 1.807) is 36.4 Å². The van der Waals surface area contributed by atoms with Gasteiger partial charge in [0.1, 0.15) is 18.0 Å². The first-order chi connectivity index (χ1) is 19.2. The first-order valence-electron chi connectivity index (χ1n) is 12.6. The quantitative estimate of drug-likeness (QED) is 0.452. The maximum atomic E-state index is 13.7. The molecule has 11 nitrogen and oxygen atoms in total. The van der Waals surface area contributed by atoms with E-state index in [0.717, 1.165) is 6.26 Å². The number of rotatable bonds is 9. The van der Waals surface area contributed by atoms with Crippen LogP contribution in [0.2, 0.25) is 0 Å². The number of nitrogens with one attached hydrogen (secondary N) is 1. The summed E-state index contributed by atoms with van der Waals surface area (Å²) in [6.07, 6.45) is -3.85. The van der Waals surface area contributed by atoms with E-state index in [9.17, 15) is 41.1 Å². The number of alkyl halides is 3. The summed E-state index contributed by atoms with van der Waals surface area (Å²) >= 11 is 0. The molecule has 1 saturated heterocycles. The molecule has 0 bridgehead atoms. The second-order valence-corrected chi connectivity index (χ2v) is 12.0. The Morgan fingerprint density at radius 3 is 2.51 bits per heavy atom. The topological polar surface area (TPSA) is 149 Å². The fraction of sp³-hybridized carbons (Fsp3) is 0.423. The van der Waals surface area contributed by atoms with E-state index in [-0.39, 0.29) is 49.4 Å². The van der Waals surface area contributed by atoms with Gasteiger partial charge in [-0.3, -0.25) is 14.6 Å². The van der Waals surface area contributed by atoms with Crippen molar-refractivity contribution in [1.29, 1.82) is 0 Å². The number of amides is 3. The van der Waals surface area contributed by atoms with Gasteiger partial charge in [-0.1, -0.05) is 24.3 Å². The number of hydrazone groups is 1. The molecule has 0 saturated carbocycles. The van der Waals surface area contributed by atoms with Crippen LogP contribution in [0.15, 0.2) is 58.7 Å². The molecule has 1 fully saturated rings. The van der Waals surface area contributed by atoms with Crippen molar-refractivity contribution in [1.82, 2.24) is 20.2 Å². The van der Waals surface area contributed by atoms with Crippen LogP contribution in [0.4, 0.5) is 18.0 Å². The molecule has 0 spiro atoms. The largest absolute Gasteiger partial charge is 0.465 e. The van der Waals surface area contributed by atoms with E-state index in [1.807, 2.05) is 0 Å². The maximum absolute atomic E-state index is 13.7. The van der Waals surface area contributed by atoms with Crippen LogP contribution >= 0.6 is 0 Å². The van der Waals surface area contributed by atoms with Crippen molar-refractivity contribution < 1.29 is 41.1 Å².